The van der Waals surface area contributed by atoms with Crippen LogP contribution >= 0.6 is 11.3 Å². The van der Waals surface area contributed by atoms with Crippen LogP contribution in [-0.4, -0.2) is 22.6 Å². The maximum absolute atomic E-state index is 11.8. The van der Waals surface area contributed by atoms with Gasteiger partial charge in [-0.05, 0) is 24.7 Å². The molecule has 1 heterocycles. The van der Waals surface area contributed by atoms with Crippen LogP contribution in [-0.2, 0) is 0 Å². The second kappa shape index (κ2) is 6.13. The van der Waals surface area contributed by atoms with Gasteiger partial charge in [0.1, 0.15) is 0 Å². The molecule has 1 aliphatic carbocycles. The van der Waals surface area contributed by atoms with Crippen LogP contribution in [0.25, 0.3) is 0 Å². The van der Waals surface area contributed by atoms with Crippen LogP contribution in [0.4, 0.5) is 5.13 Å². The average Bonchev–Trinajstić information content (AvgIpc) is 2.83. The van der Waals surface area contributed by atoms with E-state index in [2.05, 4.69) is 22.4 Å². The van der Waals surface area contributed by atoms with Crippen molar-refractivity contribution in [3.8, 4) is 0 Å². The van der Waals surface area contributed by atoms with Crippen LogP contribution in [0.2, 0.25) is 0 Å². The number of hydrogen-bond acceptors (Lipinski definition) is 5. The Morgan fingerprint density at radius 2 is 2.00 bits per heavy atom. The van der Waals surface area contributed by atoms with E-state index < -0.39 is 0 Å². The lowest BCUT2D eigenvalue weighted by Crippen LogP contribution is -2.31. The first-order valence-corrected chi connectivity index (χ1v) is 7.37. The standard InChI is InChI=1S/C12H20N4OS/c1-2-8-3-5-9(6-4-8)7-14-10(17)11-15-16-12(13)18-11/h8-9H,2-7H2,1H3,(H2,13,16)(H,14,17). The number of nitrogens with two attached hydrogens (primary N) is 1. The van der Waals surface area contributed by atoms with Gasteiger partial charge in [0.2, 0.25) is 10.1 Å². The van der Waals surface area contributed by atoms with E-state index in [-0.39, 0.29) is 5.91 Å². The zero-order valence-electron chi connectivity index (χ0n) is 10.7. The third kappa shape index (κ3) is 3.41. The fraction of sp³-hybridized carbons (Fsp3) is 0.750. The summed E-state index contributed by atoms with van der Waals surface area (Å²) in [5, 5.41) is 11.0. The van der Waals surface area contributed by atoms with Crippen molar-refractivity contribution in [2.24, 2.45) is 11.8 Å². The van der Waals surface area contributed by atoms with Crippen molar-refractivity contribution in [2.45, 2.75) is 39.0 Å². The SMILES string of the molecule is CCC1CCC(CNC(=O)c2nnc(N)s2)CC1. The van der Waals surface area contributed by atoms with E-state index in [1.165, 1.54) is 32.1 Å². The molecular weight excluding hydrogens is 248 g/mol. The van der Waals surface area contributed by atoms with Gasteiger partial charge in [0.15, 0.2) is 0 Å². The minimum absolute atomic E-state index is 0.151. The van der Waals surface area contributed by atoms with E-state index in [0.717, 1.165) is 23.8 Å². The predicted octanol–water partition coefficient (Wildman–Crippen LogP) is 2.07. The number of amides is 1. The van der Waals surface area contributed by atoms with E-state index in [1.54, 1.807) is 0 Å². The molecule has 2 rings (SSSR count). The minimum Gasteiger partial charge on any atom is -0.374 e. The summed E-state index contributed by atoms with van der Waals surface area (Å²) in [5.74, 6) is 1.35. The quantitative estimate of drug-likeness (QED) is 0.876. The molecule has 0 unspecified atom stereocenters. The number of anilines is 1. The summed E-state index contributed by atoms with van der Waals surface area (Å²) in [7, 11) is 0. The molecule has 100 valence electrons. The minimum atomic E-state index is -0.151. The highest BCUT2D eigenvalue weighted by Crippen LogP contribution is 2.30. The van der Waals surface area contributed by atoms with Crippen LogP contribution in [0.5, 0.6) is 0 Å². The van der Waals surface area contributed by atoms with Gasteiger partial charge in [0, 0.05) is 6.54 Å². The largest absolute Gasteiger partial charge is 0.374 e. The zero-order valence-corrected chi connectivity index (χ0v) is 11.5. The zero-order chi connectivity index (χ0) is 13.0. The van der Waals surface area contributed by atoms with Crippen LogP contribution in [0.1, 0.15) is 48.8 Å². The fourth-order valence-electron chi connectivity index (χ4n) is 2.48. The van der Waals surface area contributed by atoms with Gasteiger partial charge in [-0.3, -0.25) is 4.79 Å². The van der Waals surface area contributed by atoms with Crippen molar-refractivity contribution >= 4 is 22.4 Å². The molecule has 0 aromatic carbocycles. The van der Waals surface area contributed by atoms with Crippen molar-refractivity contribution in [2.75, 3.05) is 12.3 Å². The van der Waals surface area contributed by atoms with Crippen molar-refractivity contribution in [1.82, 2.24) is 15.5 Å². The van der Waals surface area contributed by atoms with Gasteiger partial charge in [0.25, 0.3) is 5.91 Å². The molecule has 1 amide bonds. The van der Waals surface area contributed by atoms with Crippen molar-refractivity contribution < 1.29 is 4.79 Å². The highest BCUT2D eigenvalue weighted by Gasteiger charge is 2.21. The summed E-state index contributed by atoms with van der Waals surface area (Å²) in [6.07, 6.45) is 6.31. The lowest BCUT2D eigenvalue weighted by molar-refractivity contribution is 0.0940. The van der Waals surface area contributed by atoms with Gasteiger partial charge >= 0.3 is 0 Å². The Morgan fingerprint density at radius 1 is 1.33 bits per heavy atom. The van der Waals surface area contributed by atoms with Gasteiger partial charge in [-0.1, -0.05) is 37.5 Å². The number of carbonyl (C=O) groups excluding carboxylic acids is 1. The van der Waals surface area contributed by atoms with Crippen LogP contribution < -0.4 is 11.1 Å². The summed E-state index contributed by atoms with van der Waals surface area (Å²) in [4.78, 5) is 11.8. The number of nitrogens with zero attached hydrogens (tertiary/aromatic N) is 2. The fourth-order valence-corrected chi connectivity index (χ4v) is 3.01. The Hall–Kier alpha value is -1.17. The molecule has 1 saturated carbocycles. The first-order chi connectivity index (χ1) is 8.69. The molecule has 18 heavy (non-hydrogen) atoms. The monoisotopic (exact) mass is 268 g/mol. The van der Waals surface area contributed by atoms with Gasteiger partial charge < -0.3 is 11.1 Å². The summed E-state index contributed by atoms with van der Waals surface area (Å²) in [6.45, 7) is 3.00. The molecule has 0 radical (unpaired) electrons. The Kier molecular flexibility index (Phi) is 4.52. The van der Waals surface area contributed by atoms with Crippen LogP contribution in [0.15, 0.2) is 0 Å². The highest BCUT2D eigenvalue weighted by atomic mass is 32.1. The molecule has 6 heteroatoms. The Labute approximate surface area is 111 Å². The number of hydrogen-bond donors (Lipinski definition) is 2. The Morgan fingerprint density at radius 3 is 2.56 bits per heavy atom. The molecular formula is C12H20N4OS. The van der Waals surface area contributed by atoms with Crippen LogP contribution in [0, 0.1) is 11.8 Å². The number of aromatic nitrogens is 2. The second-order valence-electron chi connectivity index (χ2n) is 4.95. The van der Waals surface area contributed by atoms with E-state index in [9.17, 15) is 4.79 Å². The second-order valence-corrected chi connectivity index (χ2v) is 5.96. The summed E-state index contributed by atoms with van der Waals surface area (Å²) < 4.78 is 0. The topological polar surface area (TPSA) is 80.9 Å². The number of nitrogen functional groups attached to an aromatic ring is 1. The van der Waals surface area contributed by atoms with Crippen molar-refractivity contribution in [1.29, 1.82) is 0 Å². The maximum atomic E-state index is 11.8. The number of carbonyl (C=O) groups is 1. The lowest BCUT2D eigenvalue weighted by Gasteiger charge is -2.27. The summed E-state index contributed by atoms with van der Waals surface area (Å²) in [5.41, 5.74) is 5.45. The van der Waals surface area contributed by atoms with Crippen LogP contribution in [0.3, 0.4) is 0 Å². The number of rotatable bonds is 4. The summed E-state index contributed by atoms with van der Waals surface area (Å²) >= 11 is 1.13. The molecule has 0 aliphatic heterocycles. The molecule has 1 fully saturated rings. The van der Waals surface area contributed by atoms with Crippen molar-refractivity contribution in [3.05, 3.63) is 5.01 Å². The van der Waals surface area contributed by atoms with Gasteiger partial charge in [0.05, 0.1) is 0 Å². The Bertz CT molecular complexity index is 399. The molecule has 5 nitrogen and oxygen atoms in total. The highest BCUT2D eigenvalue weighted by molar-refractivity contribution is 7.16. The number of nitrogens with one attached hydrogen (secondary N) is 1. The Balaban J connectivity index is 1.74. The molecule has 3 N–H and O–H groups in total. The summed E-state index contributed by atoms with van der Waals surface area (Å²) in [6, 6.07) is 0. The molecule has 1 aromatic heterocycles. The van der Waals surface area contributed by atoms with E-state index in [0.29, 0.717) is 16.1 Å². The third-order valence-electron chi connectivity index (χ3n) is 3.73. The molecule has 1 aliphatic rings. The van der Waals surface area contributed by atoms with Crippen molar-refractivity contribution in [3.63, 3.8) is 0 Å². The van der Waals surface area contributed by atoms with E-state index in [1.807, 2.05) is 0 Å². The maximum Gasteiger partial charge on any atom is 0.282 e. The van der Waals surface area contributed by atoms with E-state index >= 15 is 0 Å². The van der Waals surface area contributed by atoms with E-state index in [4.69, 9.17) is 5.73 Å². The molecule has 0 atom stereocenters. The van der Waals surface area contributed by atoms with Gasteiger partial charge in [-0.15, -0.1) is 10.2 Å². The smallest absolute Gasteiger partial charge is 0.282 e. The predicted molar refractivity (Wildman–Crippen MR) is 72.4 cm³/mol. The molecule has 1 aromatic rings. The third-order valence-corrected chi connectivity index (χ3v) is 4.48. The average molecular weight is 268 g/mol. The van der Waals surface area contributed by atoms with Gasteiger partial charge in [-0.2, -0.15) is 0 Å². The molecule has 0 spiro atoms. The first kappa shape index (κ1) is 13.3. The first-order valence-electron chi connectivity index (χ1n) is 6.56. The van der Waals surface area contributed by atoms with Gasteiger partial charge in [-0.25, -0.2) is 0 Å². The molecule has 0 saturated heterocycles. The normalized spacial score (nSPS) is 23.8. The lowest BCUT2D eigenvalue weighted by atomic mass is 9.81. The molecule has 0 bridgehead atoms.